The molecule has 5 heteroatoms. The average molecular weight is 865 g/mol. The number of rotatable bonds is 7. The van der Waals surface area contributed by atoms with Gasteiger partial charge in [-0.15, -0.1) is 11.3 Å². The minimum absolute atomic E-state index is 0.645. The Morgan fingerprint density at radius 2 is 1.05 bits per heavy atom. The van der Waals surface area contributed by atoms with E-state index in [1.165, 1.54) is 36.9 Å². The van der Waals surface area contributed by atoms with Gasteiger partial charge in [0.05, 0.1) is 11.4 Å². The summed E-state index contributed by atoms with van der Waals surface area (Å²) in [5.41, 5.74) is 16.5. The van der Waals surface area contributed by atoms with Gasteiger partial charge in [-0.2, -0.15) is 0 Å². The summed E-state index contributed by atoms with van der Waals surface area (Å²) in [5.74, 6) is 0.691. The van der Waals surface area contributed by atoms with Crippen LogP contribution in [0.15, 0.2) is 225 Å². The van der Waals surface area contributed by atoms with Crippen LogP contribution in [0.4, 0.5) is 0 Å². The summed E-state index contributed by atoms with van der Waals surface area (Å²) in [6, 6.07) is 71.1. The molecule has 0 unspecified atom stereocenters. The monoisotopic (exact) mass is 864 g/mol. The van der Waals surface area contributed by atoms with Gasteiger partial charge in [-0.05, 0) is 82.3 Å². The van der Waals surface area contributed by atoms with Crippen LogP contribution < -0.4 is 0 Å². The number of fused-ring (bicyclic) bond motifs is 9. The lowest BCUT2D eigenvalue weighted by Crippen LogP contribution is -2.07. The van der Waals surface area contributed by atoms with Crippen molar-refractivity contribution in [2.75, 3.05) is 0 Å². The van der Waals surface area contributed by atoms with E-state index < -0.39 is 0 Å². The Labute approximate surface area is 385 Å². The van der Waals surface area contributed by atoms with Gasteiger partial charge in [0.2, 0.25) is 0 Å². The molecule has 4 nitrogen and oxygen atoms in total. The zero-order chi connectivity index (χ0) is 43.7. The molecular formula is C61H40N2O2S. The largest absolute Gasteiger partial charge is 0.456 e. The molecule has 1 aliphatic heterocycles. The molecule has 0 atom stereocenters. The Morgan fingerprint density at radius 3 is 1.86 bits per heavy atom. The zero-order valence-electron chi connectivity index (χ0n) is 36.1. The van der Waals surface area contributed by atoms with Crippen molar-refractivity contribution < 1.29 is 8.83 Å². The van der Waals surface area contributed by atoms with Crippen molar-refractivity contribution in [1.29, 1.82) is 0 Å². The van der Waals surface area contributed by atoms with Crippen LogP contribution in [0, 0.1) is 0 Å². The molecule has 3 aromatic heterocycles. The number of hydrogen-bond donors (Lipinski definition) is 0. The SMILES string of the molecule is CCC1=C(c2ccccc2)N=C(c2ccc(-c3ccccc3)cc2)N=C(c2cccc3oc4ccc(-c5c(-c6ccc7c(c6)sc6ccccc67)ccc6oc7ccccc7c56)cc4c23)C1. The third-order valence-corrected chi connectivity index (χ3v) is 14.4. The standard InChI is InChI=1S/C61H40N2O2S/c1-2-37-35-50(62-61(63-60(37)40-16-7-4-8-17-40)41-26-24-39(25-27-41)38-14-5-3-6-15-38)47-20-13-22-53-58(47)49-34-43(29-32-52(49)65-53)57-44(31-33-54-59(57)48-19-9-11-21-51(48)64-54)42-28-30-46-45-18-10-12-23-55(45)66-56(46)36-42/h3-34,36H,2,35H2,1H3. The van der Waals surface area contributed by atoms with Crippen molar-refractivity contribution in [3.8, 4) is 33.4 Å². The Balaban J connectivity index is 1.01. The van der Waals surface area contributed by atoms with Crippen LogP contribution in [0.5, 0.6) is 0 Å². The lowest BCUT2D eigenvalue weighted by atomic mass is 9.89. The molecule has 312 valence electrons. The number of aliphatic imine (C=N–C) groups is 2. The number of furan rings is 2. The smallest absolute Gasteiger partial charge is 0.160 e. The van der Waals surface area contributed by atoms with Crippen LogP contribution in [0.25, 0.3) is 103 Å². The maximum absolute atomic E-state index is 6.74. The fraction of sp³-hybridized carbons (Fsp3) is 0.0492. The van der Waals surface area contributed by atoms with Crippen molar-refractivity contribution in [3.63, 3.8) is 0 Å². The van der Waals surface area contributed by atoms with E-state index in [2.05, 4.69) is 195 Å². The van der Waals surface area contributed by atoms with Crippen LogP contribution in [0.2, 0.25) is 0 Å². The molecule has 9 aromatic carbocycles. The Kier molecular flexibility index (Phi) is 9.03. The van der Waals surface area contributed by atoms with Crippen LogP contribution in [0.3, 0.4) is 0 Å². The first kappa shape index (κ1) is 38.3. The van der Waals surface area contributed by atoms with Gasteiger partial charge in [-0.1, -0.05) is 165 Å². The van der Waals surface area contributed by atoms with Gasteiger partial charge in [0, 0.05) is 70.4 Å². The maximum Gasteiger partial charge on any atom is 0.160 e. The highest BCUT2D eigenvalue weighted by Gasteiger charge is 2.24. The zero-order valence-corrected chi connectivity index (χ0v) is 36.9. The van der Waals surface area contributed by atoms with Gasteiger partial charge in [-0.3, -0.25) is 0 Å². The molecule has 0 spiro atoms. The fourth-order valence-electron chi connectivity index (χ4n) is 10.0. The van der Waals surface area contributed by atoms with Crippen molar-refractivity contribution in [2.24, 2.45) is 9.98 Å². The summed E-state index contributed by atoms with van der Waals surface area (Å²) in [6.45, 7) is 2.22. The summed E-state index contributed by atoms with van der Waals surface area (Å²) in [6.07, 6.45) is 1.48. The molecule has 0 fully saturated rings. The summed E-state index contributed by atoms with van der Waals surface area (Å²) in [7, 11) is 0. The average Bonchev–Trinajstić information content (AvgIpc) is 4.03. The lowest BCUT2D eigenvalue weighted by Gasteiger charge is -2.13. The molecule has 0 N–H and O–H groups in total. The van der Waals surface area contributed by atoms with E-state index in [1.54, 1.807) is 0 Å². The number of amidine groups is 1. The Morgan fingerprint density at radius 1 is 0.424 bits per heavy atom. The highest BCUT2D eigenvalue weighted by Crippen LogP contribution is 2.46. The number of hydrogen-bond acceptors (Lipinski definition) is 5. The molecule has 4 heterocycles. The van der Waals surface area contributed by atoms with E-state index in [0.717, 1.165) is 101 Å². The number of nitrogens with zero attached hydrogens (tertiary/aromatic N) is 2. The third kappa shape index (κ3) is 6.34. The van der Waals surface area contributed by atoms with Gasteiger partial charge in [0.1, 0.15) is 22.3 Å². The second-order valence-corrected chi connectivity index (χ2v) is 18.1. The molecule has 0 bridgehead atoms. The molecule has 0 saturated heterocycles. The first-order valence-corrected chi connectivity index (χ1v) is 23.4. The van der Waals surface area contributed by atoms with Gasteiger partial charge < -0.3 is 8.83 Å². The first-order chi connectivity index (χ1) is 32.6. The second kappa shape index (κ2) is 15.5. The summed E-state index contributed by atoms with van der Waals surface area (Å²) in [4.78, 5) is 11.0. The highest BCUT2D eigenvalue weighted by atomic mass is 32.1. The van der Waals surface area contributed by atoms with Gasteiger partial charge in [0.15, 0.2) is 5.84 Å². The molecule has 0 saturated carbocycles. The lowest BCUT2D eigenvalue weighted by molar-refractivity contribution is 0.669. The molecule has 12 aromatic rings. The molecule has 0 amide bonds. The quantitative estimate of drug-likeness (QED) is 0.160. The summed E-state index contributed by atoms with van der Waals surface area (Å²) < 4.78 is 15.9. The van der Waals surface area contributed by atoms with E-state index in [4.69, 9.17) is 18.8 Å². The minimum atomic E-state index is 0.645. The number of allylic oxidation sites excluding steroid dienone is 1. The van der Waals surface area contributed by atoms with E-state index >= 15 is 0 Å². The highest BCUT2D eigenvalue weighted by molar-refractivity contribution is 7.25. The van der Waals surface area contributed by atoms with Crippen LogP contribution >= 0.6 is 11.3 Å². The number of thiophene rings is 1. The molecule has 1 aliphatic rings. The van der Waals surface area contributed by atoms with Crippen LogP contribution in [0.1, 0.15) is 36.5 Å². The third-order valence-electron chi connectivity index (χ3n) is 13.2. The predicted octanol–water partition coefficient (Wildman–Crippen LogP) is 17.3. The number of para-hydroxylation sites is 1. The van der Waals surface area contributed by atoms with E-state index in [1.807, 2.05) is 23.5 Å². The minimum Gasteiger partial charge on any atom is -0.456 e. The van der Waals surface area contributed by atoms with E-state index in [-0.39, 0.29) is 0 Å². The first-order valence-electron chi connectivity index (χ1n) is 22.6. The maximum atomic E-state index is 6.74. The van der Waals surface area contributed by atoms with E-state index in [0.29, 0.717) is 12.3 Å². The van der Waals surface area contributed by atoms with Crippen LogP contribution in [-0.4, -0.2) is 11.5 Å². The molecule has 66 heavy (non-hydrogen) atoms. The molecule has 13 rings (SSSR count). The summed E-state index contributed by atoms with van der Waals surface area (Å²) in [5, 5.41) is 6.86. The van der Waals surface area contributed by atoms with Crippen molar-refractivity contribution in [2.45, 2.75) is 19.8 Å². The molecule has 0 aliphatic carbocycles. The topological polar surface area (TPSA) is 51.0 Å². The number of benzene rings is 9. The Bertz CT molecular complexity index is 3980. The van der Waals surface area contributed by atoms with Crippen LogP contribution in [-0.2, 0) is 0 Å². The normalized spacial score (nSPS) is 13.3. The Hall–Kier alpha value is -8.12. The van der Waals surface area contributed by atoms with Crippen molar-refractivity contribution in [1.82, 2.24) is 0 Å². The van der Waals surface area contributed by atoms with Gasteiger partial charge in [0.25, 0.3) is 0 Å². The second-order valence-electron chi connectivity index (χ2n) is 17.0. The summed E-state index contributed by atoms with van der Waals surface area (Å²) >= 11 is 1.85. The van der Waals surface area contributed by atoms with Crippen molar-refractivity contribution >= 4 is 92.6 Å². The van der Waals surface area contributed by atoms with Gasteiger partial charge >= 0.3 is 0 Å². The van der Waals surface area contributed by atoms with Gasteiger partial charge in [-0.25, -0.2) is 9.98 Å². The van der Waals surface area contributed by atoms with E-state index in [9.17, 15) is 0 Å². The predicted molar refractivity (Wildman–Crippen MR) is 278 cm³/mol. The van der Waals surface area contributed by atoms with Crippen molar-refractivity contribution in [3.05, 3.63) is 222 Å². The molecular weight excluding hydrogens is 825 g/mol. The molecule has 0 radical (unpaired) electrons. The fourth-order valence-corrected chi connectivity index (χ4v) is 11.2.